The molecule has 0 bridgehead atoms. The number of nitrogens with one attached hydrogen (secondary N) is 1. The molecule has 4 rings (SSSR count). The highest BCUT2D eigenvalue weighted by atomic mass is 35.5. The molecule has 1 saturated heterocycles. The molecule has 0 radical (unpaired) electrons. The van der Waals surface area contributed by atoms with Crippen molar-refractivity contribution in [3.63, 3.8) is 0 Å². The van der Waals surface area contributed by atoms with Gasteiger partial charge in [0.1, 0.15) is 6.42 Å². The van der Waals surface area contributed by atoms with E-state index in [1.54, 1.807) is 0 Å². The van der Waals surface area contributed by atoms with Crippen LogP contribution in [0.4, 0.5) is 13.2 Å². The molecule has 9 heteroatoms. The van der Waals surface area contributed by atoms with Crippen molar-refractivity contribution in [1.29, 1.82) is 0 Å². The Hall–Kier alpha value is -2.84. The minimum Gasteiger partial charge on any atom is -0.355 e. The first kappa shape index (κ1) is 25.3. The number of hydrazone groups is 1. The lowest BCUT2D eigenvalue weighted by molar-refractivity contribution is -0.153. The van der Waals surface area contributed by atoms with Crippen molar-refractivity contribution < 1.29 is 18.0 Å². The fourth-order valence-corrected chi connectivity index (χ4v) is 4.77. The first-order chi connectivity index (χ1) is 16.7. The molecule has 0 aromatic heterocycles. The van der Waals surface area contributed by atoms with Crippen molar-refractivity contribution in [2.24, 2.45) is 5.10 Å². The third kappa shape index (κ3) is 6.64. The molecule has 2 aliphatic rings. The maximum atomic E-state index is 12.4. The molecule has 2 aromatic carbocycles. The third-order valence-electron chi connectivity index (χ3n) is 6.35. The van der Waals surface area contributed by atoms with Gasteiger partial charge in [0.15, 0.2) is 0 Å². The van der Waals surface area contributed by atoms with E-state index >= 15 is 0 Å². The Morgan fingerprint density at radius 1 is 1.14 bits per heavy atom. The lowest BCUT2D eigenvalue weighted by atomic mass is 9.94. The molecule has 35 heavy (non-hydrogen) atoms. The van der Waals surface area contributed by atoms with Gasteiger partial charge in [0.05, 0.1) is 18.0 Å². The molecular weight excluding hydrogens is 477 g/mol. The van der Waals surface area contributed by atoms with E-state index in [4.69, 9.17) is 16.7 Å². The standard InChI is InChI=1S/C26H28ClF3N4O/c1-18-22-6-2-3-7-23(22)24(15-19-8-10-20(27)11-9-19)32-34(18)17-21-5-4-13-33(21)14-12-31-25(35)16-26(28,29)30/h2-3,6-11,21H,1,4-5,12-17H2,(H,31,35)/t21-/m1/s1. The quantitative estimate of drug-likeness (QED) is 0.543. The van der Waals surface area contributed by atoms with E-state index in [0.29, 0.717) is 24.5 Å². The van der Waals surface area contributed by atoms with Crippen LogP contribution < -0.4 is 5.32 Å². The minimum absolute atomic E-state index is 0.164. The maximum Gasteiger partial charge on any atom is 0.397 e. The van der Waals surface area contributed by atoms with Gasteiger partial charge < -0.3 is 5.32 Å². The Morgan fingerprint density at radius 2 is 1.86 bits per heavy atom. The van der Waals surface area contributed by atoms with Crippen LogP contribution in [0.15, 0.2) is 60.2 Å². The number of carbonyl (C=O) groups is 1. The van der Waals surface area contributed by atoms with Gasteiger partial charge in [-0.1, -0.05) is 54.6 Å². The molecule has 0 saturated carbocycles. The number of alkyl halides is 3. The molecule has 1 fully saturated rings. The number of fused-ring (bicyclic) bond motifs is 1. The average molecular weight is 505 g/mol. The van der Waals surface area contributed by atoms with Crippen molar-refractivity contribution >= 4 is 28.9 Å². The van der Waals surface area contributed by atoms with Gasteiger partial charge in [-0.2, -0.15) is 18.3 Å². The first-order valence-electron chi connectivity index (χ1n) is 11.7. The zero-order chi connectivity index (χ0) is 25.0. The van der Waals surface area contributed by atoms with E-state index < -0.39 is 18.5 Å². The van der Waals surface area contributed by atoms with Gasteiger partial charge in [-0.25, -0.2) is 0 Å². The lowest BCUT2D eigenvalue weighted by Gasteiger charge is -2.34. The average Bonchev–Trinajstić information content (AvgIpc) is 3.24. The molecular formula is C26H28ClF3N4O. The lowest BCUT2D eigenvalue weighted by Crippen LogP contribution is -2.43. The Kier molecular flexibility index (Phi) is 7.82. The SMILES string of the molecule is C=C1c2ccccc2C(Cc2ccc(Cl)cc2)=NN1C[C@H]1CCCN1CCNC(=O)CC(F)(F)F. The van der Waals surface area contributed by atoms with Gasteiger partial charge >= 0.3 is 6.18 Å². The van der Waals surface area contributed by atoms with Gasteiger partial charge in [-0.05, 0) is 37.1 Å². The van der Waals surface area contributed by atoms with Crippen LogP contribution in [-0.2, 0) is 11.2 Å². The highest BCUT2D eigenvalue weighted by molar-refractivity contribution is 6.30. The summed E-state index contributed by atoms with van der Waals surface area (Å²) in [6, 6.07) is 16.0. The molecule has 1 amide bonds. The van der Waals surface area contributed by atoms with Gasteiger partial charge in [0, 0.05) is 41.7 Å². The molecule has 0 aliphatic carbocycles. The number of halogens is 4. The van der Waals surface area contributed by atoms with Crippen molar-refractivity contribution in [1.82, 2.24) is 15.2 Å². The second-order valence-electron chi connectivity index (χ2n) is 8.90. The van der Waals surface area contributed by atoms with Crippen molar-refractivity contribution in [2.45, 2.75) is 37.9 Å². The van der Waals surface area contributed by atoms with Crippen LogP contribution >= 0.6 is 11.6 Å². The van der Waals surface area contributed by atoms with Crippen LogP contribution in [-0.4, -0.2) is 59.9 Å². The summed E-state index contributed by atoms with van der Waals surface area (Å²) in [6.45, 7) is 6.42. The predicted octanol–water partition coefficient (Wildman–Crippen LogP) is 5.11. The number of rotatable bonds is 8. The number of benzene rings is 2. The summed E-state index contributed by atoms with van der Waals surface area (Å²) < 4.78 is 37.1. The van der Waals surface area contributed by atoms with Crippen LogP contribution in [0.1, 0.15) is 36.0 Å². The highest BCUT2D eigenvalue weighted by Gasteiger charge is 2.32. The summed E-state index contributed by atoms with van der Waals surface area (Å²) >= 11 is 6.04. The molecule has 2 heterocycles. The molecule has 5 nitrogen and oxygen atoms in total. The Balaban J connectivity index is 1.44. The largest absolute Gasteiger partial charge is 0.397 e. The molecule has 0 spiro atoms. The molecule has 2 aromatic rings. The second kappa shape index (κ2) is 10.8. The molecule has 1 atom stereocenters. The van der Waals surface area contributed by atoms with Gasteiger partial charge in [0.2, 0.25) is 5.91 Å². The molecule has 2 aliphatic heterocycles. The number of likely N-dealkylation sites (tertiary alicyclic amines) is 1. The summed E-state index contributed by atoms with van der Waals surface area (Å²) in [5.74, 6) is -0.995. The zero-order valence-corrected chi connectivity index (χ0v) is 20.1. The normalized spacial score (nSPS) is 18.4. The Labute approximate surface area is 208 Å². The van der Waals surface area contributed by atoms with Crippen LogP contribution in [0.5, 0.6) is 0 Å². The monoisotopic (exact) mass is 504 g/mol. The van der Waals surface area contributed by atoms with Gasteiger partial charge in [-0.3, -0.25) is 14.7 Å². The first-order valence-corrected chi connectivity index (χ1v) is 12.0. The van der Waals surface area contributed by atoms with E-state index in [1.165, 1.54) is 0 Å². The number of amides is 1. The van der Waals surface area contributed by atoms with Gasteiger partial charge in [-0.15, -0.1) is 0 Å². The van der Waals surface area contributed by atoms with Crippen molar-refractivity contribution in [3.8, 4) is 0 Å². The number of carbonyl (C=O) groups excluding carboxylic acids is 1. The zero-order valence-electron chi connectivity index (χ0n) is 19.3. The van der Waals surface area contributed by atoms with E-state index in [-0.39, 0.29) is 12.6 Å². The summed E-state index contributed by atoms with van der Waals surface area (Å²) in [4.78, 5) is 13.7. The number of nitrogens with zero attached hydrogens (tertiary/aromatic N) is 3. The maximum absolute atomic E-state index is 12.4. The van der Waals surface area contributed by atoms with E-state index in [2.05, 4.69) is 22.9 Å². The summed E-state index contributed by atoms with van der Waals surface area (Å²) in [5, 5.41) is 9.98. The number of hydrogen-bond acceptors (Lipinski definition) is 4. The van der Waals surface area contributed by atoms with Gasteiger partial charge in [0.25, 0.3) is 0 Å². The fourth-order valence-electron chi connectivity index (χ4n) is 4.64. The fraction of sp³-hybridized carbons (Fsp3) is 0.385. The third-order valence-corrected chi connectivity index (χ3v) is 6.60. The van der Waals surface area contributed by atoms with Crippen LogP contribution in [0.25, 0.3) is 5.70 Å². The molecule has 186 valence electrons. The van der Waals surface area contributed by atoms with E-state index in [9.17, 15) is 18.0 Å². The summed E-state index contributed by atoms with van der Waals surface area (Å²) in [7, 11) is 0. The second-order valence-corrected chi connectivity index (χ2v) is 9.33. The smallest absolute Gasteiger partial charge is 0.355 e. The van der Waals surface area contributed by atoms with Crippen LogP contribution in [0, 0.1) is 0 Å². The predicted molar refractivity (Wildman–Crippen MR) is 132 cm³/mol. The number of hydrogen-bond donors (Lipinski definition) is 1. The van der Waals surface area contributed by atoms with Crippen LogP contribution in [0.3, 0.4) is 0 Å². The molecule has 0 unspecified atom stereocenters. The van der Waals surface area contributed by atoms with Crippen molar-refractivity contribution in [2.75, 3.05) is 26.2 Å². The van der Waals surface area contributed by atoms with Crippen molar-refractivity contribution in [3.05, 3.63) is 76.8 Å². The molecule has 1 N–H and O–H groups in total. The van der Waals surface area contributed by atoms with E-state index in [0.717, 1.165) is 47.5 Å². The summed E-state index contributed by atoms with van der Waals surface area (Å²) in [5.41, 5.74) is 4.97. The van der Waals surface area contributed by atoms with Crippen LogP contribution in [0.2, 0.25) is 5.02 Å². The summed E-state index contributed by atoms with van der Waals surface area (Å²) in [6.07, 6.45) is -3.36. The minimum atomic E-state index is -4.49. The topological polar surface area (TPSA) is 47.9 Å². The van der Waals surface area contributed by atoms with E-state index in [1.807, 2.05) is 47.5 Å². The highest BCUT2D eigenvalue weighted by Crippen LogP contribution is 2.31. The Morgan fingerprint density at radius 3 is 2.57 bits per heavy atom. The Bertz CT molecular complexity index is 1100.